The number of nitrogens with zero attached hydrogens (tertiary/aromatic N) is 4. The Kier molecular flexibility index (Phi) is 7.55. The molecule has 1 fully saturated rings. The maximum Gasteiger partial charge on any atom is 0.416 e. The highest BCUT2D eigenvalue weighted by atomic mass is 19.4. The van der Waals surface area contributed by atoms with E-state index in [4.69, 9.17) is 0 Å². The Hall–Kier alpha value is -3.08. The van der Waals surface area contributed by atoms with Gasteiger partial charge in [-0.05, 0) is 37.9 Å². The van der Waals surface area contributed by atoms with Crippen molar-refractivity contribution in [2.75, 3.05) is 46.3 Å². The minimum atomic E-state index is -4.66. The SMILES string of the molecule is CCN1C(=O)N[C@@H](c2ccccc2C(F)(F)F)C2=C1CN([C@@H](CC(C)C)C(=O)N1CCN(C)CC1)C2=O. The Morgan fingerprint density at radius 1 is 1.11 bits per heavy atom. The van der Waals surface area contributed by atoms with E-state index in [1.807, 2.05) is 20.9 Å². The molecule has 3 aliphatic rings. The Morgan fingerprint density at radius 2 is 1.76 bits per heavy atom. The largest absolute Gasteiger partial charge is 0.416 e. The summed E-state index contributed by atoms with van der Waals surface area (Å²) >= 11 is 0. The number of halogens is 3. The first-order valence-corrected chi connectivity index (χ1v) is 12.7. The number of hydrogen-bond acceptors (Lipinski definition) is 4. The lowest BCUT2D eigenvalue weighted by Gasteiger charge is -2.37. The molecule has 0 saturated carbocycles. The van der Waals surface area contributed by atoms with Gasteiger partial charge in [0.2, 0.25) is 5.91 Å². The number of rotatable bonds is 6. The van der Waals surface area contributed by atoms with Gasteiger partial charge in [0.1, 0.15) is 6.04 Å². The maximum atomic E-state index is 13.9. The zero-order chi connectivity index (χ0) is 27.1. The van der Waals surface area contributed by atoms with Crippen LogP contribution in [0.15, 0.2) is 35.5 Å². The van der Waals surface area contributed by atoms with Crippen LogP contribution < -0.4 is 5.32 Å². The van der Waals surface area contributed by atoms with Crippen molar-refractivity contribution >= 4 is 17.8 Å². The molecule has 3 aliphatic heterocycles. The molecule has 4 amide bonds. The number of urea groups is 1. The van der Waals surface area contributed by atoms with Crippen molar-refractivity contribution in [2.24, 2.45) is 5.92 Å². The Morgan fingerprint density at radius 3 is 2.35 bits per heavy atom. The summed E-state index contributed by atoms with van der Waals surface area (Å²) in [5, 5.41) is 2.63. The van der Waals surface area contributed by atoms with E-state index in [2.05, 4.69) is 10.2 Å². The summed E-state index contributed by atoms with van der Waals surface area (Å²) in [4.78, 5) is 47.3. The van der Waals surface area contributed by atoms with Crippen LogP contribution in [-0.2, 0) is 15.8 Å². The van der Waals surface area contributed by atoms with Gasteiger partial charge in [0, 0.05) is 32.7 Å². The minimum absolute atomic E-state index is 0.00300. The standard InChI is InChI=1S/C26H34F3N5O3/c1-5-33-20-15-34(19(14-16(2)3)23(35)32-12-10-31(4)11-13-32)24(36)21(20)22(30-25(33)37)17-8-6-7-9-18(17)26(27,28)29/h6-9,16,19,22H,5,10-15H2,1-4H3,(H,30,37)/t19-,22-/m0/s1. The molecule has 4 rings (SSSR count). The predicted molar refractivity (Wildman–Crippen MR) is 131 cm³/mol. The molecule has 0 aliphatic carbocycles. The van der Waals surface area contributed by atoms with Crippen molar-refractivity contribution in [3.05, 3.63) is 46.7 Å². The normalized spacial score (nSPS) is 22.1. The highest BCUT2D eigenvalue weighted by Gasteiger charge is 2.49. The van der Waals surface area contributed by atoms with Crippen LogP contribution >= 0.6 is 0 Å². The second-order valence-corrected chi connectivity index (χ2v) is 10.3. The second kappa shape index (κ2) is 10.4. The lowest BCUT2D eigenvalue weighted by molar-refractivity contribution is -0.144. The van der Waals surface area contributed by atoms with Crippen LogP contribution in [0.1, 0.15) is 44.4 Å². The number of piperazine rings is 1. The molecule has 1 N–H and O–H groups in total. The lowest BCUT2D eigenvalue weighted by Crippen LogP contribution is -2.55. The molecule has 3 heterocycles. The monoisotopic (exact) mass is 521 g/mol. The minimum Gasteiger partial charge on any atom is -0.338 e. The smallest absolute Gasteiger partial charge is 0.338 e. The Labute approximate surface area is 215 Å². The van der Waals surface area contributed by atoms with Gasteiger partial charge in [0.25, 0.3) is 5.91 Å². The molecule has 202 valence electrons. The van der Waals surface area contributed by atoms with E-state index in [9.17, 15) is 27.6 Å². The van der Waals surface area contributed by atoms with E-state index in [1.54, 1.807) is 11.8 Å². The third-order valence-corrected chi connectivity index (χ3v) is 7.31. The van der Waals surface area contributed by atoms with Crippen LogP contribution in [0.4, 0.5) is 18.0 Å². The van der Waals surface area contributed by atoms with Gasteiger partial charge in [0.05, 0.1) is 29.4 Å². The van der Waals surface area contributed by atoms with E-state index < -0.39 is 35.8 Å². The van der Waals surface area contributed by atoms with Crippen LogP contribution in [0, 0.1) is 5.92 Å². The first-order valence-electron chi connectivity index (χ1n) is 12.7. The van der Waals surface area contributed by atoms with Gasteiger partial charge in [-0.1, -0.05) is 32.0 Å². The molecular weight excluding hydrogens is 487 g/mol. The number of carbonyl (C=O) groups is 3. The quantitative estimate of drug-likeness (QED) is 0.625. The third kappa shape index (κ3) is 5.18. The van der Waals surface area contributed by atoms with Crippen molar-refractivity contribution < 1.29 is 27.6 Å². The first-order chi connectivity index (χ1) is 17.4. The van der Waals surface area contributed by atoms with Crippen molar-refractivity contribution in [1.82, 2.24) is 24.9 Å². The number of hydrogen-bond donors (Lipinski definition) is 1. The average Bonchev–Trinajstić information content (AvgIpc) is 3.18. The molecule has 8 nitrogen and oxygen atoms in total. The summed E-state index contributed by atoms with van der Waals surface area (Å²) in [5.41, 5.74) is -0.639. The number of nitrogens with one attached hydrogen (secondary N) is 1. The van der Waals surface area contributed by atoms with E-state index in [0.717, 1.165) is 19.2 Å². The van der Waals surface area contributed by atoms with Gasteiger partial charge in [-0.2, -0.15) is 13.2 Å². The summed E-state index contributed by atoms with van der Waals surface area (Å²) in [6.07, 6.45) is -4.25. The van der Waals surface area contributed by atoms with Crippen molar-refractivity contribution in [3.63, 3.8) is 0 Å². The molecule has 11 heteroatoms. The first kappa shape index (κ1) is 27.0. The van der Waals surface area contributed by atoms with Gasteiger partial charge in [-0.25, -0.2) is 4.79 Å². The summed E-state index contributed by atoms with van der Waals surface area (Å²) in [7, 11) is 1.98. The number of likely N-dealkylation sites (N-methyl/N-ethyl adjacent to an activating group) is 2. The second-order valence-electron chi connectivity index (χ2n) is 10.3. The van der Waals surface area contributed by atoms with Crippen LogP contribution in [0.3, 0.4) is 0 Å². The van der Waals surface area contributed by atoms with E-state index in [-0.39, 0.29) is 36.1 Å². The number of amides is 4. The van der Waals surface area contributed by atoms with E-state index >= 15 is 0 Å². The van der Waals surface area contributed by atoms with E-state index in [1.165, 1.54) is 28.0 Å². The van der Waals surface area contributed by atoms with Crippen LogP contribution in [0.2, 0.25) is 0 Å². The summed E-state index contributed by atoms with van der Waals surface area (Å²) in [5.74, 6) is -0.580. The zero-order valence-corrected chi connectivity index (χ0v) is 21.6. The van der Waals surface area contributed by atoms with Gasteiger partial charge in [-0.15, -0.1) is 0 Å². The molecule has 2 atom stereocenters. The number of alkyl halides is 3. The van der Waals surface area contributed by atoms with Crippen LogP contribution in [0.5, 0.6) is 0 Å². The molecule has 37 heavy (non-hydrogen) atoms. The Balaban J connectivity index is 1.73. The number of carbonyl (C=O) groups excluding carboxylic acids is 3. The van der Waals surface area contributed by atoms with Gasteiger partial charge in [-0.3, -0.25) is 14.5 Å². The summed E-state index contributed by atoms with van der Waals surface area (Å²) < 4.78 is 41.7. The van der Waals surface area contributed by atoms with Gasteiger partial charge >= 0.3 is 12.2 Å². The highest BCUT2D eigenvalue weighted by molar-refractivity contribution is 6.03. The fourth-order valence-electron chi connectivity index (χ4n) is 5.39. The fraction of sp³-hybridized carbons (Fsp3) is 0.577. The Bertz CT molecular complexity index is 1100. The summed E-state index contributed by atoms with van der Waals surface area (Å²) in [6.45, 7) is 8.43. The van der Waals surface area contributed by atoms with E-state index in [0.29, 0.717) is 25.2 Å². The van der Waals surface area contributed by atoms with Crippen LogP contribution in [0.25, 0.3) is 0 Å². The van der Waals surface area contributed by atoms with Crippen molar-refractivity contribution in [2.45, 2.75) is 45.5 Å². The molecule has 1 aromatic carbocycles. The molecule has 1 saturated heterocycles. The average molecular weight is 522 g/mol. The molecule has 0 radical (unpaired) electrons. The molecule has 0 unspecified atom stereocenters. The number of benzene rings is 1. The zero-order valence-electron chi connectivity index (χ0n) is 21.6. The third-order valence-electron chi connectivity index (χ3n) is 7.31. The lowest BCUT2D eigenvalue weighted by atomic mass is 9.91. The van der Waals surface area contributed by atoms with Gasteiger partial charge in [0.15, 0.2) is 0 Å². The molecular formula is C26H34F3N5O3. The topological polar surface area (TPSA) is 76.2 Å². The highest BCUT2D eigenvalue weighted by Crippen LogP contribution is 2.42. The summed E-state index contributed by atoms with van der Waals surface area (Å²) in [6, 6.07) is 2.37. The molecule has 1 aromatic rings. The molecule has 0 spiro atoms. The predicted octanol–water partition coefficient (Wildman–Crippen LogP) is 3.08. The van der Waals surface area contributed by atoms with Crippen molar-refractivity contribution in [3.8, 4) is 0 Å². The maximum absolute atomic E-state index is 13.9. The van der Waals surface area contributed by atoms with Crippen molar-refractivity contribution in [1.29, 1.82) is 0 Å². The fourth-order valence-corrected chi connectivity index (χ4v) is 5.39. The van der Waals surface area contributed by atoms with Crippen LogP contribution in [-0.4, -0.2) is 89.8 Å². The van der Waals surface area contributed by atoms with Gasteiger partial charge < -0.3 is 20.0 Å². The molecule has 0 bridgehead atoms. The molecule has 0 aromatic heterocycles.